The largest absolute Gasteiger partial charge is 0.370 e. The van der Waals surface area contributed by atoms with Crippen LogP contribution in [0.1, 0.15) is 49.9 Å². The summed E-state index contributed by atoms with van der Waals surface area (Å²) in [4.78, 5) is 18.8. The van der Waals surface area contributed by atoms with E-state index in [2.05, 4.69) is 24.1 Å². The standard InChI is InChI=1S/C16H25N3O/c1-3-8-17-15-11-14(7-9-18-15)16(20)19-10-5-6-13(4-2)12-19/h7,9,11,13H,3-6,8,10,12H2,1-2H3,(H,17,18). The van der Waals surface area contributed by atoms with E-state index in [1.165, 1.54) is 6.42 Å². The van der Waals surface area contributed by atoms with Crippen molar-refractivity contribution in [3.63, 3.8) is 0 Å². The Balaban J connectivity index is 2.04. The molecule has 1 amide bonds. The first-order valence-corrected chi connectivity index (χ1v) is 7.73. The Kier molecular flexibility index (Phi) is 5.39. The Bertz CT molecular complexity index is 447. The molecule has 0 bridgehead atoms. The molecule has 0 spiro atoms. The summed E-state index contributed by atoms with van der Waals surface area (Å²) >= 11 is 0. The summed E-state index contributed by atoms with van der Waals surface area (Å²) in [5, 5.41) is 3.23. The molecule has 2 rings (SSSR count). The van der Waals surface area contributed by atoms with Gasteiger partial charge in [0.25, 0.3) is 5.91 Å². The van der Waals surface area contributed by atoms with Crippen LogP contribution in [-0.4, -0.2) is 35.4 Å². The van der Waals surface area contributed by atoms with Crippen LogP contribution >= 0.6 is 0 Å². The van der Waals surface area contributed by atoms with Crippen molar-refractivity contribution < 1.29 is 4.79 Å². The lowest BCUT2D eigenvalue weighted by atomic mass is 9.95. The fraction of sp³-hybridized carbons (Fsp3) is 0.625. The Morgan fingerprint density at radius 2 is 2.35 bits per heavy atom. The second-order valence-corrected chi connectivity index (χ2v) is 5.52. The molecule has 0 aliphatic carbocycles. The van der Waals surface area contributed by atoms with Gasteiger partial charge in [-0.05, 0) is 37.3 Å². The third kappa shape index (κ3) is 3.71. The van der Waals surface area contributed by atoms with Gasteiger partial charge in [0.2, 0.25) is 0 Å². The van der Waals surface area contributed by atoms with Gasteiger partial charge in [0.05, 0.1) is 0 Å². The molecule has 110 valence electrons. The van der Waals surface area contributed by atoms with Crippen LogP contribution in [0.3, 0.4) is 0 Å². The van der Waals surface area contributed by atoms with E-state index in [9.17, 15) is 4.79 Å². The molecular formula is C16H25N3O. The molecule has 0 aromatic carbocycles. The second-order valence-electron chi connectivity index (χ2n) is 5.52. The lowest BCUT2D eigenvalue weighted by Gasteiger charge is -2.32. The van der Waals surface area contributed by atoms with Crippen molar-refractivity contribution in [3.8, 4) is 0 Å². The number of piperidine rings is 1. The van der Waals surface area contributed by atoms with Crippen LogP contribution in [-0.2, 0) is 0 Å². The predicted molar refractivity (Wildman–Crippen MR) is 81.9 cm³/mol. The van der Waals surface area contributed by atoms with Crippen LogP contribution in [0.25, 0.3) is 0 Å². The summed E-state index contributed by atoms with van der Waals surface area (Å²) in [5.74, 6) is 1.60. The van der Waals surface area contributed by atoms with Crippen molar-refractivity contribution in [2.75, 3.05) is 25.0 Å². The van der Waals surface area contributed by atoms with Gasteiger partial charge in [-0.25, -0.2) is 4.98 Å². The number of nitrogens with one attached hydrogen (secondary N) is 1. The van der Waals surface area contributed by atoms with Gasteiger partial charge in [0.1, 0.15) is 5.82 Å². The highest BCUT2D eigenvalue weighted by atomic mass is 16.2. The minimum atomic E-state index is 0.144. The molecule has 1 N–H and O–H groups in total. The summed E-state index contributed by atoms with van der Waals surface area (Å²) in [7, 11) is 0. The molecule has 1 aliphatic rings. The number of amides is 1. The third-order valence-electron chi connectivity index (χ3n) is 3.95. The van der Waals surface area contributed by atoms with Crippen molar-refractivity contribution in [2.45, 2.75) is 39.5 Å². The average Bonchev–Trinajstić information content (AvgIpc) is 2.52. The van der Waals surface area contributed by atoms with E-state index < -0.39 is 0 Å². The maximum atomic E-state index is 12.6. The highest BCUT2D eigenvalue weighted by Gasteiger charge is 2.23. The number of likely N-dealkylation sites (tertiary alicyclic amines) is 1. The molecule has 4 nitrogen and oxygen atoms in total. The highest BCUT2D eigenvalue weighted by molar-refractivity contribution is 5.94. The first-order chi connectivity index (χ1) is 9.74. The minimum Gasteiger partial charge on any atom is -0.370 e. The quantitative estimate of drug-likeness (QED) is 0.897. The third-order valence-corrected chi connectivity index (χ3v) is 3.95. The number of aromatic nitrogens is 1. The van der Waals surface area contributed by atoms with Crippen LogP contribution < -0.4 is 5.32 Å². The van der Waals surface area contributed by atoms with E-state index in [0.29, 0.717) is 5.92 Å². The highest BCUT2D eigenvalue weighted by Crippen LogP contribution is 2.21. The van der Waals surface area contributed by atoms with E-state index in [1.54, 1.807) is 6.20 Å². The fourth-order valence-electron chi connectivity index (χ4n) is 2.68. The minimum absolute atomic E-state index is 0.144. The van der Waals surface area contributed by atoms with Gasteiger partial charge < -0.3 is 10.2 Å². The smallest absolute Gasteiger partial charge is 0.254 e. The Labute approximate surface area is 121 Å². The molecule has 1 fully saturated rings. The number of hydrogen-bond acceptors (Lipinski definition) is 3. The van der Waals surface area contributed by atoms with Gasteiger partial charge in [0.15, 0.2) is 0 Å². The lowest BCUT2D eigenvalue weighted by Crippen LogP contribution is -2.39. The van der Waals surface area contributed by atoms with Crippen LogP contribution in [0.2, 0.25) is 0 Å². The number of nitrogens with zero attached hydrogens (tertiary/aromatic N) is 2. The van der Waals surface area contributed by atoms with E-state index in [1.807, 2.05) is 17.0 Å². The summed E-state index contributed by atoms with van der Waals surface area (Å²) in [6.45, 7) is 6.98. The van der Waals surface area contributed by atoms with Crippen molar-refractivity contribution in [1.82, 2.24) is 9.88 Å². The monoisotopic (exact) mass is 275 g/mol. The number of rotatable bonds is 5. The zero-order valence-corrected chi connectivity index (χ0v) is 12.6. The number of anilines is 1. The maximum absolute atomic E-state index is 12.6. The van der Waals surface area contributed by atoms with Gasteiger partial charge in [0, 0.05) is 31.4 Å². The summed E-state index contributed by atoms with van der Waals surface area (Å²) in [6.07, 6.45) is 6.29. The molecule has 2 heterocycles. The summed E-state index contributed by atoms with van der Waals surface area (Å²) in [5.41, 5.74) is 0.746. The van der Waals surface area contributed by atoms with Crippen molar-refractivity contribution in [2.24, 2.45) is 5.92 Å². The van der Waals surface area contributed by atoms with Gasteiger partial charge in [-0.1, -0.05) is 20.3 Å². The number of carbonyl (C=O) groups is 1. The zero-order valence-electron chi connectivity index (χ0n) is 12.6. The topological polar surface area (TPSA) is 45.2 Å². The molecule has 1 aliphatic heterocycles. The molecular weight excluding hydrogens is 250 g/mol. The van der Waals surface area contributed by atoms with Crippen molar-refractivity contribution >= 4 is 11.7 Å². The molecule has 20 heavy (non-hydrogen) atoms. The first-order valence-electron chi connectivity index (χ1n) is 7.73. The van der Waals surface area contributed by atoms with Crippen LogP contribution in [0.15, 0.2) is 18.3 Å². The molecule has 1 saturated heterocycles. The fourth-order valence-corrected chi connectivity index (χ4v) is 2.68. The predicted octanol–water partition coefficient (Wildman–Crippen LogP) is 3.17. The molecule has 1 atom stereocenters. The van der Waals surface area contributed by atoms with E-state index in [-0.39, 0.29) is 5.91 Å². The zero-order chi connectivity index (χ0) is 14.4. The summed E-state index contributed by atoms with van der Waals surface area (Å²) < 4.78 is 0. The van der Waals surface area contributed by atoms with Gasteiger partial charge in [-0.2, -0.15) is 0 Å². The van der Waals surface area contributed by atoms with Gasteiger partial charge >= 0.3 is 0 Å². The van der Waals surface area contributed by atoms with Gasteiger partial charge in [-0.3, -0.25) is 4.79 Å². The molecule has 1 unspecified atom stereocenters. The Morgan fingerprint density at radius 1 is 1.50 bits per heavy atom. The maximum Gasteiger partial charge on any atom is 0.254 e. The lowest BCUT2D eigenvalue weighted by molar-refractivity contribution is 0.0671. The van der Waals surface area contributed by atoms with E-state index in [0.717, 1.165) is 50.3 Å². The van der Waals surface area contributed by atoms with Crippen LogP contribution in [0, 0.1) is 5.92 Å². The van der Waals surface area contributed by atoms with E-state index >= 15 is 0 Å². The number of hydrogen-bond donors (Lipinski definition) is 1. The number of carbonyl (C=O) groups excluding carboxylic acids is 1. The first kappa shape index (κ1) is 14.8. The van der Waals surface area contributed by atoms with Crippen molar-refractivity contribution in [1.29, 1.82) is 0 Å². The number of pyridine rings is 1. The second kappa shape index (κ2) is 7.27. The summed E-state index contributed by atoms with van der Waals surface area (Å²) in [6, 6.07) is 3.68. The molecule has 0 saturated carbocycles. The molecule has 4 heteroatoms. The molecule has 1 aromatic rings. The SMILES string of the molecule is CCCNc1cc(C(=O)N2CCCC(CC)C2)ccn1. The normalized spacial score (nSPS) is 18.9. The van der Waals surface area contributed by atoms with Crippen LogP contribution in [0.5, 0.6) is 0 Å². The average molecular weight is 275 g/mol. The Morgan fingerprint density at radius 3 is 3.10 bits per heavy atom. The van der Waals surface area contributed by atoms with Gasteiger partial charge in [-0.15, -0.1) is 0 Å². The Hall–Kier alpha value is -1.58. The van der Waals surface area contributed by atoms with Crippen molar-refractivity contribution in [3.05, 3.63) is 23.9 Å². The van der Waals surface area contributed by atoms with Crippen LogP contribution in [0.4, 0.5) is 5.82 Å². The molecule has 1 aromatic heterocycles. The molecule has 0 radical (unpaired) electrons. The van der Waals surface area contributed by atoms with E-state index in [4.69, 9.17) is 0 Å².